The first-order valence-corrected chi connectivity index (χ1v) is 13.4. The number of aryl methyl sites for hydroxylation is 1. The van der Waals surface area contributed by atoms with Gasteiger partial charge in [-0.15, -0.1) is 0 Å². The monoisotopic (exact) mass is 473 g/mol. The second kappa shape index (κ2) is 11.3. The summed E-state index contributed by atoms with van der Waals surface area (Å²) in [6.07, 6.45) is 7.58. The quantitative estimate of drug-likeness (QED) is 0.243. The van der Waals surface area contributed by atoms with Gasteiger partial charge in [0, 0.05) is 5.56 Å². The number of ether oxygens (including phenoxy) is 1. The van der Waals surface area contributed by atoms with Gasteiger partial charge in [-0.3, -0.25) is 0 Å². The van der Waals surface area contributed by atoms with Crippen LogP contribution in [0.2, 0.25) is 0 Å². The van der Waals surface area contributed by atoms with E-state index in [0.717, 1.165) is 49.7 Å². The van der Waals surface area contributed by atoms with Crippen molar-refractivity contribution in [1.82, 2.24) is 0 Å². The van der Waals surface area contributed by atoms with E-state index >= 15 is 0 Å². The van der Waals surface area contributed by atoms with Crippen LogP contribution in [0.1, 0.15) is 23.1 Å². The molecule has 172 valence electrons. The van der Waals surface area contributed by atoms with Crippen molar-refractivity contribution in [2.24, 2.45) is 0 Å². The number of nitrogens with zero attached hydrogens (tertiary/aromatic N) is 1. The summed E-state index contributed by atoms with van der Waals surface area (Å²) in [4.78, 5) is 0. The molecule has 4 aromatic carbocycles. The van der Waals surface area contributed by atoms with Gasteiger partial charge >= 0.3 is 0 Å². The zero-order chi connectivity index (χ0) is 23.9. The lowest BCUT2D eigenvalue weighted by Crippen LogP contribution is -2.17. The first kappa shape index (κ1) is 23.3. The highest BCUT2D eigenvalue weighted by Crippen LogP contribution is 2.32. The summed E-state index contributed by atoms with van der Waals surface area (Å²) in [5.41, 5.74) is 6.43. The summed E-state index contributed by atoms with van der Waals surface area (Å²) in [5.74, 6) is 2.34. The van der Waals surface area contributed by atoms with Crippen molar-refractivity contribution in [1.29, 1.82) is 5.26 Å². The van der Waals surface area contributed by atoms with Gasteiger partial charge in [-0.2, -0.15) is 5.26 Å². The lowest BCUT2D eigenvalue weighted by molar-refractivity contribution is 0.0614. The first-order valence-electron chi connectivity index (χ1n) is 12.1. The number of allylic oxidation sites excluding steroid dienone is 1. The Hall–Kier alpha value is -3.50. The number of benzene rings is 4. The van der Waals surface area contributed by atoms with E-state index < -0.39 is 0 Å². The van der Waals surface area contributed by atoms with Gasteiger partial charge in [-0.25, -0.2) is 0 Å². The van der Waals surface area contributed by atoms with E-state index in [1.54, 1.807) is 0 Å². The van der Waals surface area contributed by atoms with Gasteiger partial charge in [0.2, 0.25) is 0 Å². The minimum Gasteiger partial charge on any atom is -0.369 e. The Bertz CT molecular complexity index is 1410. The standard InChI is InChI=1S/C32H28NOP/c33-21-27-17-15-25(20-31(27)30-14-6-11-26-10-4-5-13-29(26)30)22-34-32(28-12-7-19-35-23-28)18-16-24-8-2-1-3-9-24/h1-15,17,20,23,32,35H,16,18-19,22H2. The molecule has 5 rings (SSSR count). The van der Waals surface area contributed by atoms with Crippen LogP contribution < -0.4 is 0 Å². The van der Waals surface area contributed by atoms with Gasteiger partial charge in [-0.05, 0) is 64.2 Å². The molecule has 0 aliphatic carbocycles. The van der Waals surface area contributed by atoms with E-state index in [4.69, 9.17) is 4.74 Å². The first-order chi connectivity index (χ1) is 17.3. The van der Waals surface area contributed by atoms with Crippen LogP contribution in [0.15, 0.2) is 115 Å². The third-order valence-electron chi connectivity index (χ3n) is 6.46. The van der Waals surface area contributed by atoms with Crippen molar-refractivity contribution >= 4 is 19.4 Å². The third kappa shape index (κ3) is 5.60. The van der Waals surface area contributed by atoms with Gasteiger partial charge in [0.1, 0.15) is 0 Å². The van der Waals surface area contributed by atoms with Crippen LogP contribution in [0.4, 0.5) is 0 Å². The van der Waals surface area contributed by atoms with Crippen molar-refractivity contribution in [2.45, 2.75) is 25.6 Å². The molecular formula is C32H28NOP. The molecule has 35 heavy (non-hydrogen) atoms. The summed E-state index contributed by atoms with van der Waals surface area (Å²) >= 11 is 0. The largest absolute Gasteiger partial charge is 0.369 e. The van der Waals surface area contributed by atoms with Crippen molar-refractivity contribution in [3.8, 4) is 17.2 Å². The Balaban J connectivity index is 1.40. The maximum atomic E-state index is 9.81. The highest BCUT2D eigenvalue weighted by Gasteiger charge is 2.16. The molecule has 0 bridgehead atoms. The van der Waals surface area contributed by atoms with E-state index in [0.29, 0.717) is 12.2 Å². The van der Waals surface area contributed by atoms with E-state index in [1.807, 2.05) is 24.3 Å². The lowest BCUT2D eigenvalue weighted by atomic mass is 9.93. The van der Waals surface area contributed by atoms with E-state index in [-0.39, 0.29) is 6.10 Å². The molecule has 2 unspecified atom stereocenters. The molecule has 3 heteroatoms. The second-order valence-corrected chi connectivity index (χ2v) is 9.90. The fraction of sp³-hybridized carbons (Fsp3) is 0.156. The molecule has 1 aliphatic rings. The van der Waals surface area contributed by atoms with Crippen LogP contribution >= 0.6 is 8.58 Å². The number of rotatable bonds is 8. The molecule has 0 saturated carbocycles. The summed E-state index contributed by atoms with van der Waals surface area (Å²) in [6.45, 7) is 0.511. The summed E-state index contributed by atoms with van der Waals surface area (Å²) in [6, 6.07) is 33.7. The van der Waals surface area contributed by atoms with E-state index in [1.165, 1.54) is 16.5 Å². The van der Waals surface area contributed by atoms with Gasteiger partial charge in [0.15, 0.2) is 0 Å². The molecule has 0 radical (unpaired) electrons. The predicted octanol–water partition coefficient (Wildman–Crippen LogP) is 8.03. The molecule has 1 heterocycles. The predicted molar refractivity (Wildman–Crippen MR) is 148 cm³/mol. The maximum Gasteiger partial charge on any atom is 0.0998 e. The lowest BCUT2D eigenvalue weighted by Gasteiger charge is -2.21. The summed E-state index contributed by atoms with van der Waals surface area (Å²) < 4.78 is 6.54. The van der Waals surface area contributed by atoms with Gasteiger partial charge < -0.3 is 4.74 Å². The van der Waals surface area contributed by atoms with Crippen molar-refractivity contribution < 1.29 is 4.74 Å². The van der Waals surface area contributed by atoms with Crippen molar-refractivity contribution in [3.63, 3.8) is 0 Å². The number of hydrogen-bond acceptors (Lipinski definition) is 2. The molecule has 1 aliphatic heterocycles. The zero-order valence-corrected chi connectivity index (χ0v) is 20.7. The summed E-state index contributed by atoms with van der Waals surface area (Å²) in [5, 5.41) is 12.1. The highest BCUT2D eigenvalue weighted by atomic mass is 31.1. The number of hydrogen-bond donors (Lipinski definition) is 0. The van der Waals surface area contributed by atoms with Crippen LogP contribution in [0.3, 0.4) is 0 Å². The third-order valence-corrected chi connectivity index (χ3v) is 7.47. The SMILES string of the molecule is N#Cc1ccc(COC(CCc2ccccc2)C2=CPCC=C2)cc1-c1cccc2ccccc12. The van der Waals surface area contributed by atoms with E-state index in [9.17, 15) is 5.26 Å². The molecule has 0 amide bonds. The maximum absolute atomic E-state index is 9.81. The molecule has 0 N–H and O–H groups in total. The van der Waals surface area contributed by atoms with Crippen LogP contribution in [0.25, 0.3) is 21.9 Å². The molecule has 2 nitrogen and oxygen atoms in total. The van der Waals surface area contributed by atoms with E-state index in [2.05, 4.69) is 90.8 Å². The average Bonchev–Trinajstić information content (AvgIpc) is 2.93. The molecule has 2 atom stereocenters. The Labute approximate surface area is 209 Å². The zero-order valence-electron chi connectivity index (χ0n) is 19.7. The second-order valence-electron chi connectivity index (χ2n) is 8.80. The Morgan fingerprint density at radius 2 is 1.69 bits per heavy atom. The van der Waals surface area contributed by atoms with Crippen LogP contribution in [-0.2, 0) is 17.8 Å². The topological polar surface area (TPSA) is 33.0 Å². The Morgan fingerprint density at radius 3 is 2.51 bits per heavy atom. The van der Waals surface area contributed by atoms with Crippen molar-refractivity contribution in [3.05, 3.63) is 131 Å². The molecule has 0 aromatic heterocycles. The fourth-order valence-corrected chi connectivity index (χ4v) is 5.53. The normalized spacial score (nSPS) is 14.5. The average molecular weight is 474 g/mol. The molecular weight excluding hydrogens is 445 g/mol. The fourth-order valence-electron chi connectivity index (χ4n) is 4.64. The minimum absolute atomic E-state index is 0.0518. The Kier molecular flexibility index (Phi) is 7.50. The summed E-state index contributed by atoms with van der Waals surface area (Å²) in [7, 11) is 0.820. The van der Waals surface area contributed by atoms with Gasteiger partial charge in [0.05, 0.1) is 24.3 Å². The van der Waals surface area contributed by atoms with Crippen LogP contribution in [-0.4, -0.2) is 12.3 Å². The smallest absolute Gasteiger partial charge is 0.0998 e. The molecule has 0 saturated heterocycles. The molecule has 0 spiro atoms. The van der Waals surface area contributed by atoms with Crippen LogP contribution in [0.5, 0.6) is 0 Å². The Morgan fingerprint density at radius 1 is 0.857 bits per heavy atom. The number of fused-ring (bicyclic) bond motifs is 1. The van der Waals surface area contributed by atoms with Gasteiger partial charge in [-0.1, -0.05) is 105 Å². The molecule has 0 fully saturated rings. The van der Waals surface area contributed by atoms with Gasteiger partial charge in [0.25, 0.3) is 0 Å². The van der Waals surface area contributed by atoms with Crippen LogP contribution in [0, 0.1) is 11.3 Å². The molecule has 4 aromatic rings. The number of nitriles is 1. The minimum atomic E-state index is 0.0518. The van der Waals surface area contributed by atoms with Crippen molar-refractivity contribution in [2.75, 3.05) is 6.16 Å². The highest BCUT2D eigenvalue weighted by molar-refractivity contribution is 7.42.